The Labute approximate surface area is 133 Å². The normalized spacial score (nSPS) is 19.7. The number of amides is 1. The van der Waals surface area contributed by atoms with Crippen LogP contribution in [0.5, 0.6) is 0 Å². The van der Waals surface area contributed by atoms with Crippen LogP contribution in [0.2, 0.25) is 0 Å². The summed E-state index contributed by atoms with van der Waals surface area (Å²) in [6.07, 6.45) is 1.53. The summed E-state index contributed by atoms with van der Waals surface area (Å²) in [7, 11) is 0. The number of ketones is 1. The molecular weight excluding hydrogens is 294 g/mol. The number of carbonyl (C=O) groups is 2. The number of anilines is 1. The second-order valence-electron chi connectivity index (χ2n) is 5.01. The summed E-state index contributed by atoms with van der Waals surface area (Å²) in [6.45, 7) is 1.50. The van der Waals surface area contributed by atoms with E-state index < -0.39 is 0 Å². The Balaban J connectivity index is 2.03. The summed E-state index contributed by atoms with van der Waals surface area (Å²) >= 11 is 1.42. The maximum Gasteiger partial charge on any atom is 0.249 e. The van der Waals surface area contributed by atoms with Crippen LogP contribution in [0.15, 0.2) is 71.8 Å². The minimum absolute atomic E-state index is 0.0186. The van der Waals surface area contributed by atoms with Crippen LogP contribution in [0.3, 0.4) is 0 Å². The lowest BCUT2D eigenvalue weighted by atomic mass is 10.1. The van der Waals surface area contributed by atoms with Crippen LogP contribution in [-0.2, 0) is 9.59 Å². The van der Waals surface area contributed by atoms with E-state index in [0.29, 0.717) is 5.03 Å². The number of thioether (sulfide) groups is 1. The second-order valence-corrected chi connectivity index (χ2v) is 6.14. The number of benzene rings is 2. The molecule has 4 heteroatoms. The summed E-state index contributed by atoms with van der Waals surface area (Å²) in [6, 6.07) is 19.1. The van der Waals surface area contributed by atoms with Gasteiger partial charge in [0.15, 0.2) is 5.78 Å². The first kappa shape index (κ1) is 14.6. The lowest BCUT2D eigenvalue weighted by Gasteiger charge is -2.17. The first-order chi connectivity index (χ1) is 10.7. The highest BCUT2D eigenvalue weighted by atomic mass is 32.2. The average molecular weight is 309 g/mol. The molecule has 1 aliphatic heterocycles. The standard InChI is InChI=1S/C18H15NO2S/c1-13(20)12-16-19(15-10-6-3-7-11-15)18(21)17(22-16)14-8-4-2-5-9-14/h2-12,17H,1H3/b16-12-. The van der Waals surface area contributed by atoms with Crippen LogP contribution in [0.1, 0.15) is 17.7 Å². The van der Waals surface area contributed by atoms with Gasteiger partial charge in [0.25, 0.3) is 0 Å². The molecule has 1 heterocycles. The van der Waals surface area contributed by atoms with Crippen molar-refractivity contribution in [1.82, 2.24) is 0 Å². The number of allylic oxidation sites excluding steroid dienone is 1. The van der Waals surface area contributed by atoms with Gasteiger partial charge in [-0.25, -0.2) is 0 Å². The Morgan fingerprint density at radius 1 is 1.05 bits per heavy atom. The zero-order valence-corrected chi connectivity index (χ0v) is 12.9. The largest absolute Gasteiger partial charge is 0.295 e. The Bertz CT molecular complexity index is 725. The molecule has 0 aromatic heterocycles. The van der Waals surface area contributed by atoms with Gasteiger partial charge in [0.05, 0.1) is 5.03 Å². The highest BCUT2D eigenvalue weighted by molar-refractivity contribution is 8.04. The lowest BCUT2D eigenvalue weighted by molar-refractivity contribution is -0.117. The van der Waals surface area contributed by atoms with Crippen LogP contribution in [0, 0.1) is 0 Å². The summed E-state index contributed by atoms with van der Waals surface area (Å²) in [5.41, 5.74) is 1.73. The quantitative estimate of drug-likeness (QED) is 0.806. The molecule has 3 nitrogen and oxygen atoms in total. The van der Waals surface area contributed by atoms with Gasteiger partial charge in [-0.1, -0.05) is 60.3 Å². The van der Waals surface area contributed by atoms with Crippen molar-refractivity contribution < 1.29 is 9.59 Å². The third-order valence-corrected chi connectivity index (χ3v) is 4.60. The average Bonchev–Trinajstić information content (AvgIpc) is 2.85. The SMILES string of the molecule is CC(=O)/C=C1\SC(c2ccccc2)C(=O)N1c1ccccc1. The highest BCUT2D eigenvalue weighted by Crippen LogP contribution is 2.46. The summed E-state index contributed by atoms with van der Waals surface area (Å²) in [4.78, 5) is 26.0. The fraction of sp³-hybridized carbons (Fsp3) is 0.111. The smallest absolute Gasteiger partial charge is 0.249 e. The van der Waals surface area contributed by atoms with Crippen molar-refractivity contribution in [2.45, 2.75) is 12.2 Å². The zero-order valence-electron chi connectivity index (χ0n) is 12.1. The molecular formula is C18H15NO2S. The molecule has 3 rings (SSSR count). The molecule has 0 spiro atoms. The van der Waals surface area contributed by atoms with Crippen molar-refractivity contribution in [3.8, 4) is 0 Å². The van der Waals surface area contributed by atoms with E-state index in [2.05, 4.69) is 0 Å². The molecule has 22 heavy (non-hydrogen) atoms. The zero-order chi connectivity index (χ0) is 15.5. The summed E-state index contributed by atoms with van der Waals surface area (Å²) < 4.78 is 0. The van der Waals surface area contributed by atoms with Crippen molar-refractivity contribution in [2.75, 3.05) is 4.90 Å². The van der Waals surface area contributed by atoms with E-state index in [1.807, 2.05) is 60.7 Å². The molecule has 0 bridgehead atoms. The maximum atomic E-state index is 12.9. The second kappa shape index (κ2) is 6.20. The molecule has 1 unspecified atom stereocenters. The number of rotatable bonds is 3. The summed E-state index contributed by atoms with van der Waals surface area (Å²) in [5, 5.41) is 0.365. The Morgan fingerprint density at radius 3 is 2.23 bits per heavy atom. The Kier molecular flexibility index (Phi) is 4.11. The van der Waals surface area contributed by atoms with E-state index in [-0.39, 0.29) is 16.9 Å². The molecule has 1 fully saturated rings. The van der Waals surface area contributed by atoms with Crippen LogP contribution >= 0.6 is 11.8 Å². The van der Waals surface area contributed by atoms with Gasteiger partial charge < -0.3 is 0 Å². The van der Waals surface area contributed by atoms with E-state index >= 15 is 0 Å². The molecule has 1 atom stereocenters. The number of hydrogen-bond donors (Lipinski definition) is 0. The van der Waals surface area contributed by atoms with Crippen molar-refractivity contribution in [3.63, 3.8) is 0 Å². The monoisotopic (exact) mass is 309 g/mol. The predicted octanol–water partition coefficient (Wildman–Crippen LogP) is 3.94. The Hall–Kier alpha value is -2.33. The summed E-state index contributed by atoms with van der Waals surface area (Å²) in [5.74, 6) is -0.0835. The fourth-order valence-corrected chi connectivity index (χ4v) is 3.67. The topological polar surface area (TPSA) is 37.4 Å². The molecule has 1 amide bonds. The van der Waals surface area contributed by atoms with Crippen molar-refractivity contribution in [3.05, 3.63) is 77.3 Å². The van der Waals surface area contributed by atoms with E-state index in [1.165, 1.54) is 24.8 Å². The predicted molar refractivity (Wildman–Crippen MR) is 89.5 cm³/mol. The van der Waals surface area contributed by atoms with Crippen molar-refractivity contribution in [2.24, 2.45) is 0 Å². The fourth-order valence-electron chi connectivity index (χ4n) is 2.39. The molecule has 2 aromatic rings. The molecule has 110 valence electrons. The van der Waals surface area contributed by atoms with Gasteiger partial charge in [0.1, 0.15) is 5.25 Å². The molecule has 0 aliphatic carbocycles. The van der Waals surface area contributed by atoms with Crippen LogP contribution < -0.4 is 4.90 Å². The number of hydrogen-bond acceptors (Lipinski definition) is 3. The van der Waals surface area contributed by atoms with Gasteiger partial charge in [-0.05, 0) is 24.6 Å². The minimum atomic E-state index is -0.313. The highest BCUT2D eigenvalue weighted by Gasteiger charge is 2.38. The molecule has 1 saturated heterocycles. The van der Waals surface area contributed by atoms with Gasteiger partial charge in [-0.3, -0.25) is 14.5 Å². The number of nitrogens with zero attached hydrogens (tertiary/aromatic N) is 1. The van der Waals surface area contributed by atoms with Crippen LogP contribution in [0.4, 0.5) is 5.69 Å². The van der Waals surface area contributed by atoms with Crippen molar-refractivity contribution in [1.29, 1.82) is 0 Å². The number of para-hydroxylation sites is 1. The lowest BCUT2D eigenvalue weighted by Crippen LogP contribution is -2.25. The van der Waals surface area contributed by atoms with Gasteiger partial charge >= 0.3 is 0 Å². The van der Waals surface area contributed by atoms with Gasteiger partial charge in [-0.15, -0.1) is 0 Å². The number of carbonyl (C=O) groups excluding carboxylic acids is 2. The van der Waals surface area contributed by atoms with Gasteiger partial charge in [0, 0.05) is 11.8 Å². The first-order valence-corrected chi connectivity index (χ1v) is 7.87. The van der Waals surface area contributed by atoms with E-state index in [0.717, 1.165) is 11.3 Å². The van der Waals surface area contributed by atoms with Gasteiger partial charge in [0.2, 0.25) is 5.91 Å². The van der Waals surface area contributed by atoms with Crippen LogP contribution in [-0.4, -0.2) is 11.7 Å². The third-order valence-electron chi connectivity index (χ3n) is 3.35. The van der Waals surface area contributed by atoms with E-state index in [9.17, 15) is 9.59 Å². The maximum absolute atomic E-state index is 12.9. The van der Waals surface area contributed by atoms with E-state index in [4.69, 9.17) is 0 Å². The van der Waals surface area contributed by atoms with Crippen LogP contribution in [0.25, 0.3) is 0 Å². The van der Waals surface area contributed by atoms with E-state index in [1.54, 1.807) is 4.90 Å². The molecule has 0 saturated carbocycles. The van der Waals surface area contributed by atoms with Gasteiger partial charge in [-0.2, -0.15) is 0 Å². The third kappa shape index (κ3) is 2.83. The molecule has 2 aromatic carbocycles. The molecule has 0 radical (unpaired) electrons. The first-order valence-electron chi connectivity index (χ1n) is 6.99. The molecule has 0 N–H and O–H groups in total. The minimum Gasteiger partial charge on any atom is -0.295 e. The van der Waals surface area contributed by atoms with Crippen molar-refractivity contribution >= 4 is 29.1 Å². The molecule has 1 aliphatic rings. The Morgan fingerprint density at radius 2 is 1.64 bits per heavy atom.